The lowest BCUT2D eigenvalue weighted by Crippen LogP contribution is -2.21. The minimum atomic E-state index is -0.438. The minimum absolute atomic E-state index is 0.0280. The summed E-state index contributed by atoms with van der Waals surface area (Å²) in [6, 6.07) is 0. The zero-order chi connectivity index (χ0) is 21.8. The molecule has 6 nitrogen and oxygen atoms in total. The number of allylic oxidation sites excluding steroid dienone is 4. The Labute approximate surface area is 182 Å². The van der Waals surface area contributed by atoms with Crippen molar-refractivity contribution in [1.82, 2.24) is 0 Å². The highest BCUT2D eigenvalue weighted by Crippen LogP contribution is 2.37. The molecule has 0 bridgehead atoms. The lowest BCUT2D eigenvalue weighted by Gasteiger charge is -2.23. The van der Waals surface area contributed by atoms with Gasteiger partial charge in [-0.15, -0.1) is 0 Å². The van der Waals surface area contributed by atoms with Crippen molar-refractivity contribution in [2.45, 2.75) is 63.6 Å². The first kappa shape index (κ1) is 21.1. The summed E-state index contributed by atoms with van der Waals surface area (Å²) in [5.41, 5.74) is -0.0550. The zero-order valence-electron chi connectivity index (χ0n) is 17.4. The molecule has 0 saturated heterocycles. The third kappa shape index (κ3) is 4.47. The van der Waals surface area contributed by atoms with Gasteiger partial charge in [-0.25, -0.2) is 4.85 Å². The van der Waals surface area contributed by atoms with Crippen LogP contribution in [0.2, 0.25) is 0 Å². The van der Waals surface area contributed by atoms with Gasteiger partial charge in [-0.2, -0.15) is 0 Å². The van der Waals surface area contributed by atoms with Gasteiger partial charge in [-0.3, -0.25) is 15.0 Å². The Morgan fingerprint density at radius 1 is 0.968 bits per heavy atom. The van der Waals surface area contributed by atoms with Gasteiger partial charge in [0.05, 0.1) is 12.1 Å². The van der Waals surface area contributed by atoms with Gasteiger partial charge in [0, 0.05) is 11.8 Å². The maximum absolute atomic E-state index is 12.7. The molecule has 2 saturated carbocycles. The number of nitrogens with one attached hydrogen (secondary N) is 1. The molecule has 4 aliphatic rings. The van der Waals surface area contributed by atoms with Crippen LogP contribution < -0.4 is 0 Å². The number of carbonyl (C=O) groups excluding carboxylic acids is 2. The maximum Gasteiger partial charge on any atom is 0.237 e. The normalized spacial score (nSPS) is 29.5. The van der Waals surface area contributed by atoms with Crippen molar-refractivity contribution < 1.29 is 19.1 Å². The molecule has 2 fully saturated rings. The highest BCUT2D eigenvalue weighted by atomic mass is 16.5. The number of fused-ring (bicyclic) bond motifs is 2. The number of ether oxygens (including phenoxy) is 2. The molecule has 1 N–H and O–H groups in total. The molecule has 0 radical (unpaired) electrons. The summed E-state index contributed by atoms with van der Waals surface area (Å²) in [6.45, 7) is 7.36. The van der Waals surface area contributed by atoms with Crippen LogP contribution >= 0.6 is 0 Å². The lowest BCUT2D eigenvalue weighted by atomic mass is 9.87. The second kappa shape index (κ2) is 9.32. The second-order valence-corrected chi connectivity index (χ2v) is 8.49. The van der Waals surface area contributed by atoms with E-state index in [2.05, 4.69) is 10.7 Å². The third-order valence-electron chi connectivity index (χ3n) is 6.49. The van der Waals surface area contributed by atoms with Gasteiger partial charge in [-0.1, -0.05) is 25.0 Å². The molecule has 31 heavy (non-hydrogen) atoms. The fourth-order valence-electron chi connectivity index (χ4n) is 4.81. The summed E-state index contributed by atoms with van der Waals surface area (Å²) < 4.78 is 11.6. The molecular weight excluding hydrogens is 392 g/mol. The van der Waals surface area contributed by atoms with Crippen LogP contribution in [-0.2, 0) is 19.1 Å². The van der Waals surface area contributed by atoms with Crippen molar-refractivity contribution in [3.05, 3.63) is 64.6 Å². The van der Waals surface area contributed by atoms with Crippen LogP contribution in [0.1, 0.15) is 51.4 Å². The van der Waals surface area contributed by atoms with E-state index in [1.807, 2.05) is 12.2 Å². The van der Waals surface area contributed by atoms with Gasteiger partial charge < -0.3 is 9.47 Å². The molecule has 4 rings (SSSR count). The number of carbonyl (C=O) groups is 2. The molecule has 0 amide bonds. The highest BCUT2D eigenvalue weighted by Gasteiger charge is 2.35. The van der Waals surface area contributed by atoms with Crippen molar-refractivity contribution in [3.63, 3.8) is 0 Å². The van der Waals surface area contributed by atoms with Crippen LogP contribution in [0.4, 0.5) is 0 Å². The van der Waals surface area contributed by atoms with Crippen LogP contribution in [0.15, 0.2) is 53.2 Å². The smallest absolute Gasteiger partial charge is 0.237 e. The van der Waals surface area contributed by atoms with Crippen LogP contribution in [0.5, 0.6) is 0 Å². The van der Waals surface area contributed by atoms with E-state index in [1.54, 1.807) is 0 Å². The summed E-state index contributed by atoms with van der Waals surface area (Å²) in [5.74, 6) is 2.36. The molecule has 160 valence electrons. The van der Waals surface area contributed by atoms with Gasteiger partial charge in [0.25, 0.3) is 0 Å². The van der Waals surface area contributed by atoms with Crippen LogP contribution in [0.25, 0.3) is 4.85 Å². The molecule has 0 spiro atoms. The predicted molar refractivity (Wildman–Crippen MR) is 115 cm³/mol. The van der Waals surface area contributed by atoms with Crippen molar-refractivity contribution in [2.24, 2.45) is 11.8 Å². The summed E-state index contributed by atoms with van der Waals surface area (Å²) >= 11 is 0. The molecule has 4 atom stereocenters. The summed E-state index contributed by atoms with van der Waals surface area (Å²) in [4.78, 5) is 28.7. The first-order valence-corrected chi connectivity index (χ1v) is 11.0. The second-order valence-electron chi connectivity index (χ2n) is 8.49. The van der Waals surface area contributed by atoms with Crippen LogP contribution in [0, 0.1) is 23.8 Å². The van der Waals surface area contributed by atoms with E-state index < -0.39 is 11.6 Å². The number of hydrogen-bond acceptors (Lipinski definition) is 5. The van der Waals surface area contributed by atoms with E-state index in [0.717, 1.165) is 51.4 Å². The standard InChI is InChI=1S/C25H26N2O4/c1-27-19(25(29)23-14-17-8-3-5-12-21(17)31-23)10-6-9-18(15-26)24(28)22-13-16-7-2-4-11-20(16)30-22/h6,9-10,13-14,16-17,20-21,26H,2-5,7-8,11-12H2. The zero-order valence-corrected chi connectivity index (χ0v) is 17.4. The molecule has 0 aromatic heterocycles. The number of rotatable bonds is 6. The van der Waals surface area contributed by atoms with Gasteiger partial charge in [-0.05, 0) is 62.6 Å². The first-order chi connectivity index (χ1) is 15.1. The van der Waals surface area contributed by atoms with E-state index in [-0.39, 0.29) is 46.8 Å². The summed E-state index contributed by atoms with van der Waals surface area (Å²) in [5, 5.41) is 7.48. The third-order valence-corrected chi connectivity index (χ3v) is 6.49. The molecule has 0 aromatic carbocycles. The van der Waals surface area contributed by atoms with Crippen molar-refractivity contribution in [1.29, 1.82) is 5.41 Å². The molecule has 2 aliphatic heterocycles. The Morgan fingerprint density at radius 3 is 2.03 bits per heavy atom. The van der Waals surface area contributed by atoms with Gasteiger partial charge in [0.2, 0.25) is 17.3 Å². The predicted octanol–water partition coefficient (Wildman–Crippen LogP) is 4.60. The molecule has 4 unspecified atom stereocenters. The molecular formula is C25H26N2O4. The monoisotopic (exact) mass is 418 g/mol. The number of nitrogens with zero attached hydrogens (tertiary/aromatic N) is 1. The minimum Gasteiger partial charge on any atom is -0.487 e. The van der Waals surface area contributed by atoms with Gasteiger partial charge in [0.1, 0.15) is 12.2 Å². The molecule has 6 heteroatoms. The van der Waals surface area contributed by atoms with Crippen molar-refractivity contribution in [2.75, 3.05) is 0 Å². The van der Waals surface area contributed by atoms with E-state index in [9.17, 15) is 9.59 Å². The van der Waals surface area contributed by atoms with Crippen LogP contribution in [0.3, 0.4) is 0 Å². The number of hydrogen-bond donors (Lipinski definition) is 1. The Hall–Kier alpha value is -3.16. The SMILES string of the molecule is [C-]#[N+]C(=CC=CC(=C=N)C(=O)C1=CC2CCCCC2O1)C(=O)C1=CC2CCCCC2O1. The van der Waals surface area contributed by atoms with E-state index in [1.165, 1.54) is 18.2 Å². The number of Topliss-reactive ketones (excluding diaryl/α,β-unsaturated/α-hetero) is 2. The summed E-state index contributed by atoms with van der Waals surface area (Å²) in [7, 11) is 0. The highest BCUT2D eigenvalue weighted by molar-refractivity contribution is 6.14. The Bertz CT molecular complexity index is 987. The van der Waals surface area contributed by atoms with Gasteiger partial charge in [0.15, 0.2) is 11.5 Å². The van der Waals surface area contributed by atoms with E-state index >= 15 is 0 Å². The fraction of sp³-hybridized carbons (Fsp3) is 0.480. The average Bonchev–Trinajstić information content (AvgIpc) is 3.42. The average molecular weight is 418 g/mol. The maximum atomic E-state index is 12.7. The quantitative estimate of drug-likeness (QED) is 0.296. The van der Waals surface area contributed by atoms with Crippen LogP contribution in [-0.4, -0.2) is 29.6 Å². The topological polar surface area (TPSA) is 80.8 Å². The first-order valence-electron chi connectivity index (χ1n) is 11.0. The van der Waals surface area contributed by atoms with Crippen molar-refractivity contribution in [3.8, 4) is 0 Å². The Kier molecular flexibility index (Phi) is 6.34. The largest absolute Gasteiger partial charge is 0.487 e. The van der Waals surface area contributed by atoms with Crippen molar-refractivity contribution >= 4 is 17.4 Å². The molecule has 2 aliphatic carbocycles. The van der Waals surface area contributed by atoms with Gasteiger partial charge >= 0.3 is 0 Å². The number of ketones is 2. The lowest BCUT2D eigenvalue weighted by molar-refractivity contribution is -0.116. The molecule has 2 heterocycles. The fourth-order valence-corrected chi connectivity index (χ4v) is 4.81. The van der Waals surface area contributed by atoms with E-state index in [0.29, 0.717) is 0 Å². The van der Waals surface area contributed by atoms with E-state index in [4.69, 9.17) is 21.5 Å². The Morgan fingerprint density at radius 2 is 1.52 bits per heavy atom. The summed E-state index contributed by atoms with van der Waals surface area (Å²) in [6.07, 6.45) is 16.4. The Balaban J connectivity index is 1.42. The molecule has 0 aromatic rings.